The average Bonchev–Trinajstić information content (AvgIpc) is 3.01. The summed E-state index contributed by atoms with van der Waals surface area (Å²) in [6, 6.07) is 10.8. The Labute approximate surface area is 122 Å². The fraction of sp³-hybridized carbons (Fsp3) is 0.267. The maximum Gasteiger partial charge on any atom is 0.251 e. The number of aliphatic hydroxyl groups excluding tert-OH is 1. The number of nitrogens with one attached hydrogen (secondary N) is 1. The maximum atomic E-state index is 11.9. The number of thiophene rings is 1. The minimum Gasteiger partial charge on any atom is -0.497 e. The van der Waals surface area contributed by atoms with Crippen LogP contribution in [0.5, 0.6) is 5.75 Å². The lowest BCUT2D eigenvalue weighted by Gasteiger charge is -2.10. The van der Waals surface area contributed by atoms with Gasteiger partial charge in [-0.3, -0.25) is 4.79 Å². The number of amides is 1. The van der Waals surface area contributed by atoms with Crippen molar-refractivity contribution in [1.82, 2.24) is 5.32 Å². The van der Waals surface area contributed by atoms with Gasteiger partial charge in [-0.2, -0.15) is 0 Å². The summed E-state index contributed by atoms with van der Waals surface area (Å²) in [4.78, 5) is 12.9. The number of carbonyl (C=O) groups is 1. The van der Waals surface area contributed by atoms with Gasteiger partial charge < -0.3 is 15.2 Å². The molecule has 0 spiro atoms. The number of benzene rings is 1. The average molecular weight is 291 g/mol. The zero-order valence-electron chi connectivity index (χ0n) is 11.2. The number of carbonyl (C=O) groups excluding carboxylic acids is 1. The predicted molar refractivity (Wildman–Crippen MR) is 79.2 cm³/mol. The Kier molecular flexibility index (Phi) is 5.15. The van der Waals surface area contributed by atoms with Crippen LogP contribution in [0.2, 0.25) is 0 Å². The van der Waals surface area contributed by atoms with Crippen LogP contribution in [0.4, 0.5) is 0 Å². The Morgan fingerprint density at radius 2 is 2.25 bits per heavy atom. The van der Waals surface area contributed by atoms with Gasteiger partial charge in [0.05, 0.1) is 13.2 Å². The molecule has 0 saturated heterocycles. The molecule has 2 aromatic rings. The normalized spacial score (nSPS) is 11.9. The smallest absolute Gasteiger partial charge is 0.251 e. The summed E-state index contributed by atoms with van der Waals surface area (Å²) in [6.07, 6.45) is -0.0310. The Balaban J connectivity index is 1.83. The van der Waals surface area contributed by atoms with E-state index in [-0.39, 0.29) is 5.91 Å². The zero-order chi connectivity index (χ0) is 14.4. The van der Waals surface area contributed by atoms with Gasteiger partial charge in [-0.1, -0.05) is 12.1 Å². The van der Waals surface area contributed by atoms with Crippen LogP contribution in [0.15, 0.2) is 41.8 Å². The highest BCUT2D eigenvalue weighted by molar-refractivity contribution is 7.10. The fourth-order valence-corrected chi connectivity index (χ4v) is 2.56. The molecule has 1 aromatic carbocycles. The second-order valence-electron chi connectivity index (χ2n) is 4.31. The molecular weight excluding hydrogens is 274 g/mol. The first kappa shape index (κ1) is 14.6. The van der Waals surface area contributed by atoms with Gasteiger partial charge in [-0.15, -0.1) is 11.3 Å². The lowest BCUT2D eigenvalue weighted by Crippen LogP contribution is -2.25. The van der Waals surface area contributed by atoms with Crippen LogP contribution in [0.3, 0.4) is 0 Å². The Hall–Kier alpha value is -1.85. The van der Waals surface area contributed by atoms with Gasteiger partial charge in [-0.05, 0) is 36.1 Å². The van der Waals surface area contributed by atoms with Crippen molar-refractivity contribution in [3.05, 3.63) is 52.2 Å². The third-order valence-electron chi connectivity index (χ3n) is 2.91. The number of methoxy groups -OCH3 is 1. The van der Waals surface area contributed by atoms with E-state index in [1.807, 2.05) is 17.5 Å². The Bertz CT molecular complexity index is 554. The Morgan fingerprint density at radius 1 is 1.40 bits per heavy atom. The van der Waals surface area contributed by atoms with Gasteiger partial charge in [0.2, 0.25) is 0 Å². The summed E-state index contributed by atoms with van der Waals surface area (Å²) in [7, 11) is 1.56. The van der Waals surface area contributed by atoms with Crippen molar-refractivity contribution in [2.24, 2.45) is 0 Å². The monoisotopic (exact) mass is 291 g/mol. The third kappa shape index (κ3) is 3.82. The molecule has 0 bridgehead atoms. The summed E-state index contributed by atoms with van der Waals surface area (Å²) in [6.45, 7) is 0.426. The molecule has 106 valence electrons. The van der Waals surface area contributed by atoms with Crippen molar-refractivity contribution in [1.29, 1.82) is 0 Å². The molecule has 20 heavy (non-hydrogen) atoms. The zero-order valence-corrected chi connectivity index (χ0v) is 12.0. The number of hydrogen-bond acceptors (Lipinski definition) is 4. The number of rotatable bonds is 6. The van der Waals surface area contributed by atoms with Crippen molar-refractivity contribution in [3.8, 4) is 5.75 Å². The molecule has 0 saturated carbocycles. The molecule has 2 rings (SSSR count). The van der Waals surface area contributed by atoms with Gasteiger partial charge in [0, 0.05) is 17.0 Å². The first-order chi connectivity index (χ1) is 9.70. The largest absolute Gasteiger partial charge is 0.497 e. The molecule has 4 nitrogen and oxygen atoms in total. The second kappa shape index (κ2) is 7.07. The molecule has 0 aliphatic heterocycles. The van der Waals surface area contributed by atoms with Gasteiger partial charge in [-0.25, -0.2) is 0 Å². The van der Waals surface area contributed by atoms with E-state index in [4.69, 9.17) is 4.74 Å². The number of aliphatic hydroxyl groups is 1. The summed E-state index contributed by atoms with van der Waals surface area (Å²) in [5, 5.41) is 14.6. The van der Waals surface area contributed by atoms with E-state index >= 15 is 0 Å². The minimum absolute atomic E-state index is 0.165. The highest BCUT2D eigenvalue weighted by atomic mass is 32.1. The van der Waals surface area contributed by atoms with Gasteiger partial charge in [0.25, 0.3) is 5.91 Å². The third-order valence-corrected chi connectivity index (χ3v) is 3.88. The standard InChI is InChI=1S/C15H17NO3S/c1-19-12-5-2-4-11(10-12)15(18)16-8-7-13(17)14-6-3-9-20-14/h2-6,9-10,13,17H,7-8H2,1H3,(H,16,18). The summed E-state index contributed by atoms with van der Waals surface area (Å²) in [5.41, 5.74) is 0.551. The predicted octanol–water partition coefficient (Wildman–Crippen LogP) is 2.61. The molecule has 5 heteroatoms. The maximum absolute atomic E-state index is 11.9. The quantitative estimate of drug-likeness (QED) is 0.860. The molecular formula is C15H17NO3S. The van der Waals surface area contributed by atoms with E-state index in [1.165, 1.54) is 11.3 Å². The van der Waals surface area contributed by atoms with E-state index in [9.17, 15) is 9.90 Å². The van der Waals surface area contributed by atoms with Crippen LogP contribution in [-0.4, -0.2) is 24.7 Å². The van der Waals surface area contributed by atoms with Crippen molar-refractivity contribution in [2.45, 2.75) is 12.5 Å². The molecule has 1 atom stereocenters. The first-order valence-electron chi connectivity index (χ1n) is 6.34. The molecule has 1 unspecified atom stereocenters. The van der Waals surface area contributed by atoms with Crippen LogP contribution in [0, 0.1) is 0 Å². The van der Waals surface area contributed by atoms with Crippen molar-refractivity contribution in [2.75, 3.05) is 13.7 Å². The lowest BCUT2D eigenvalue weighted by atomic mass is 10.2. The fourth-order valence-electron chi connectivity index (χ4n) is 1.81. The van der Waals surface area contributed by atoms with Crippen LogP contribution in [0.1, 0.15) is 27.8 Å². The van der Waals surface area contributed by atoms with E-state index in [1.54, 1.807) is 31.4 Å². The van der Waals surface area contributed by atoms with E-state index in [0.29, 0.717) is 24.3 Å². The molecule has 1 amide bonds. The molecule has 0 aliphatic carbocycles. The van der Waals surface area contributed by atoms with E-state index < -0.39 is 6.10 Å². The van der Waals surface area contributed by atoms with Gasteiger partial charge >= 0.3 is 0 Å². The summed E-state index contributed by atoms with van der Waals surface area (Å²) in [5.74, 6) is 0.485. The summed E-state index contributed by atoms with van der Waals surface area (Å²) >= 11 is 1.51. The van der Waals surface area contributed by atoms with Crippen molar-refractivity contribution >= 4 is 17.2 Å². The van der Waals surface area contributed by atoms with Gasteiger partial charge in [0.15, 0.2) is 0 Å². The molecule has 0 aliphatic rings. The Morgan fingerprint density at radius 3 is 2.95 bits per heavy atom. The van der Waals surface area contributed by atoms with E-state index in [2.05, 4.69) is 5.32 Å². The second-order valence-corrected chi connectivity index (χ2v) is 5.29. The highest BCUT2D eigenvalue weighted by Crippen LogP contribution is 2.21. The number of ether oxygens (including phenoxy) is 1. The van der Waals surface area contributed by atoms with Crippen molar-refractivity contribution < 1.29 is 14.6 Å². The van der Waals surface area contributed by atoms with Crippen LogP contribution >= 0.6 is 11.3 Å². The van der Waals surface area contributed by atoms with Crippen molar-refractivity contribution in [3.63, 3.8) is 0 Å². The van der Waals surface area contributed by atoms with E-state index in [0.717, 1.165) is 4.88 Å². The lowest BCUT2D eigenvalue weighted by molar-refractivity contribution is 0.0943. The van der Waals surface area contributed by atoms with Crippen LogP contribution < -0.4 is 10.1 Å². The molecule has 0 fully saturated rings. The number of hydrogen-bond donors (Lipinski definition) is 2. The van der Waals surface area contributed by atoms with Crippen LogP contribution in [-0.2, 0) is 0 Å². The SMILES string of the molecule is COc1cccc(C(=O)NCCC(O)c2cccs2)c1. The topological polar surface area (TPSA) is 58.6 Å². The first-order valence-corrected chi connectivity index (χ1v) is 7.22. The highest BCUT2D eigenvalue weighted by Gasteiger charge is 2.10. The molecule has 2 N–H and O–H groups in total. The molecule has 1 aromatic heterocycles. The molecule has 0 radical (unpaired) electrons. The van der Waals surface area contributed by atoms with Crippen LogP contribution in [0.25, 0.3) is 0 Å². The van der Waals surface area contributed by atoms with Gasteiger partial charge in [0.1, 0.15) is 5.75 Å². The molecule has 1 heterocycles. The summed E-state index contributed by atoms with van der Waals surface area (Å²) < 4.78 is 5.08. The minimum atomic E-state index is -0.527.